The summed E-state index contributed by atoms with van der Waals surface area (Å²) in [6.07, 6.45) is 1.21. The van der Waals surface area contributed by atoms with Crippen molar-refractivity contribution in [1.82, 2.24) is 0 Å². The highest BCUT2D eigenvalue weighted by molar-refractivity contribution is 9.10. The fraction of sp³-hybridized carbons (Fsp3) is 0.200. The van der Waals surface area contributed by atoms with Crippen molar-refractivity contribution in [3.63, 3.8) is 0 Å². The summed E-state index contributed by atoms with van der Waals surface area (Å²) in [5.74, 6) is 0. The highest BCUT2D eigenvalue weighted by atomic mass is 79.9. The quantitative estimate of drug-likeness (QED) is 0.767. The van der Waals surface area contributed by atoms with Crippen molar-refractivity contribution in [2.24, 2.45) is 0 Å². The molecule has 6 heteroatoms. The number of sulfone groups is 1. The van der Waals surface area contributed by atoms with E-state index in [-0.39, 0.29) is 0 Å². The highest BCUT2D eigenvalue weighted by Crippen LogP contribution is 2.16. The Morgan fingerprint density at radius 1 is 0.952 bits per heavy atom. The molecule has 0 amide bonds. The van der Waals surface area contributed by atoms with Crippen molar-refractivity contribution in [2.45, 2.75) is 4.90 Å². The van der Waals surface area contributed by atoms with E-state index in [0.717, 1.165) is 28.9 Å². The van der Waals surface area contributed by atoms with E-state index in [4.69, 9.17) is 0 Å². The molecule has 2 aromatic rings. The molecule has 0 bridgehead atoms. The van der Waals surface area contributed by atoms with Crippen molar-refractivity contribution in [2.75, 3.05) is 30.0 Å². The summed E-state index contributed by atoms with van der Waals surface area (Å²) in [5, 5.41) is 6.54. The molecule has 2 rings (SSSR count). The minimum absolute atomic E-state index is 0.334. The van der Waals surface area contributed by atoms with Gasteiger partial charge in [0.2, 0.25) is 0 Å². The van der Waals surface area contributed by atoms with Gasteiger partial charge < -0.3 is 10.6 Å². The summed E-state index contributed by atoms with van der Waals surface area (Å²) >= 11 is 3.43. The minimum atomic E-state index is -3.13. The second-order valence-electron chi connectivity index (χ2n) is 4.66. The molecule has 0 spiro atoms. The monoisotopic (exact) mass is 368 g/mol. The van der Waals surface area contributed by atoms with Gasteiger partial charge in [0, 0.05) is 35.2 Å². The average Bonchev–Trinajstić information content (AvgIpc) is 2.43. The number of anilines is 2. The first-order valence-corrected chi connectivity index (χ1v) is 9.17. The van der Waals surface area contributed by atoms with Crippen LogP contribution in [0.1, 0.15) is 0 Å². The topological polar surface area (TPSA) is 58.2 Å². The molecule has 0 aromatic heterocycles. The zero-order chi connectivity index (χ0) is 15.3. The Bertz CT molecular complexity index is 700. The SMILES string of the molecule is CS(=O)(=O)c1ccc(NCCNc2cccc(Br)c2)cc1. The van der Waals surface area contributed by atoms with E-state index < -0.39 is 9.84 Å². The van der Waals surface area contributed by atoms with Crippen molar-refractivity contribution in [3.8, 4) is 0 Å². The molecule has 2 N–H and O–H groups in total. The Morgan fingerprint density at radius 2 is 1.57 bits per heavy atom. The second-order valence-corrected chi connectivity index (χ2v) is 7.59. The van der Waals surface area contributed by atoms with Crippen LogP contribution in [0.3, 0.4) is 0 Å². The molecule has 0 heterocycles. The van der Waals surface area contributed by atoms with Crippen molar-refractivity contribution >= 4 is 37.1 Å². The molecule has 4 nitrogen and oxygen atoms in total. The Labute approximate surface area is 133 Å². The molecular formula is C15H17BrN2O2S. The first kappa shape index (κ1) is 15.9. The van der Waals surface area contributed by atoms with E-state index in [1.54, 1.807) is 24.3 Å². The van der Waals surface area contributed by atoms with Gasteiger partial charge in [-0.05, 0) is 42.5 Å². The highest BCUT2D eigenvalue weighted by Gasteiger charge is 2.05. The predicted octanol–water partition coefficient (Wildman–Crippen LogP) is 3.38. The average molecular weight is 369 g/mol. The molecular weight excluding hydrogens is 352 g/mol. The smallest absolute Gasteiger partial charge is 0.175 e. The van der Waals surface area contributed by atoms with Crippen LogP contribution in [0.15, 0.2) is 57.9 Å². The molecule has 112 valence electrons. The molecule has 2 aromatic carbocycles. The Balaban J connectivity index is 1.81. The normalized spacial score (nSPS) is 11.1. The summed E-state index contributed by atoms with van der Waals surface area (Å²) in [6, 6.07) is 14.7. The molecule has 0 saturated carbocycles. The first-order valence-electron chi connectivity index (χ1n) is 6.48. The van der Waals surface area contributed by atoms with Crippen LogP contribution < -0.4 is 10.6 Å². The fourth-order valence-corrected chi connectivity index (χ4v) is 2.86. The van der Waals surface area contributed by atoms with E-state index in [2.05, 4.69) is 26.6 Å². The molecule has 0 aliphatic rings. The number of nitrogens with one attached hydrogen (secondary N) is 2. The van der Waals surface area contributed by atoms with Gasteiger partial charge in [-0.15, -0.1) is 0 Å². The van der Waals surface area contributed by atoms with E-state index >= 15 is 0 Å². The fourth-order valence-electron chi connectivity index (χ4n) is 1.83. The van der Waals surface area contributed by atoms with Gasteiger partial charge in [0.25, 0.3) is 0 Å². The van der Waals surface area contributed by atoms with Crippen LogP contribution >= 0.6 is 15.9 Å². The summed E-state index contributed by atoms with van der Waals surface area (Å²) < 4.78 is 23.7. The van der Waals surface area contributed by atoms with E-state index in [9.17, 15) is 8.42 Å². The van der Waals surface area contributed by atoms with Gasteiger partial charge in [-0.3, -0.25) is 0 Å². The van der Waals surface area contributed by atoms with Gasteiger partial charge in [0.1, 0.15) is 0 Å². The molecule has 0 radical (unpaired) electrons. The number of benzene rings is 2. The predicted molar refractivity (Wildman–Crippen MR) is 90.7 cm³/mol. The van der Waals surface area contributed by atoms with E-state index in [1.165, 1.54) is 6.26 Å². The van der Waals surface area contributed by atoms with E-state index in [1.807, 2.05) is 24.3 Å². The lowest BCUT2D eigenvalue weighted by Crippen LogP contribution is -2.13. The number of hydrogen-bond donors (Lipinski definition) is 2. The molecule has 0 unspecified atom stereocenters. The lowest BCUT2D eigenvalue weighted by Gasteiger charge is -2.09. The van der Waals surface area contributed by atoms with Gasteiger partial charge >= 0.3 is 0 Å². The third-order valence-electron chi connectivity index (χ3n) is 2.89. The number of hydrogen-bond acceptors (Lipinski definition) is 4. The summed E-state index contributed by atoms with van der Waals surface area (Å²) in [5.41, 5.74) is 1.96. The maximum atomic E-state index is 11.4. The lowest BCUT2D eigenvalue weighted by molar-refractivity contribution is 0.602. The van der Waals surface area contributed by atoms with Gasteiger partial charge in [0.05, 0.1) is 4.90 Å². The first-order chi connectivity index (χ1) is 9.95. The summed E-state index contributed by atoms with van der Waals surface area (Å²) in [7, 11) is -3.13. The van der Waals surface area contributed by atoms with Crippen LogP contribution in [0.4, 0.5) is 11.4 Å². The van der Waals surface area contributed by atoms with Gasteiger partial charge in [-0.2, -0.15) is 0 Å². The standard InChI is InChI=1S/C15H17BrN2O2S/c1-21(19,20)15-7-5-13(6-8-15)17-9-10-18-14-4-2-3-12(16)11-14/h2-8,11,17-18H,9-10H2,1H3. The van der Waals surface area contributed by atoms with Gasteiger partial charge in [0.15, 0.2) is 9.84 Å². The maximum absolute atomic E-state index is 11.4. The van der Waals surface area contributed by atoms with Gasteiger partial charge in [-0.25, -0.2) is 8.42 Å². The molecule has 0 atom stereocenters. The summed E-state index contributed by atoms with van der Waals surface area (Å²) in [4.78, 5) is 0.334. The third-order valence-corrected chi connectivity index (χ3v) is 4.51. The molecule has 0 aliphatic carbocycles. The minimum Gasteiger partial charge on any atom is -0.383 e. The maximum Gasteiger partial charge on any atom is 0.175 e. The summed E-state index contributed by atoms with van der Waals surface area (Å²) in [6.45, 7) is 1.51. The van der Waals surface area contributed by atoms with Crippen LogP contribution in [0.25, 0.3) is 0 Å². The number of rotatable bonds is 6. The van der Waals surface area contributed by atoms with Crippen LogP contribution in [0.5, 0.6) is 0 Å². The molecule has 0 fully saturated rings. The van der Waals surface area contributed by atoms with Crippen molar-refractivity contribution in [1.29, 1.82) is 0 Å². The third kappa shape index (κ3) is 5.06. The molecule has 21 heavy (non-hydrogen) atoms. The zero-order valence-corrected chi connectivity index (χ0v) is 14.0. The Kier molecular flexibility index (Phi) is 5.25. The Morgan fingerprint density at radius 3 is 2.14 bits per heavy atom. The van der Waals surface area contributed by atoms with Crippen molar-refractivity contribution < 1.29 is 8.42 Å². The van der Waals surface area contributed by atoms with Crippen LogP contribution in [-0.2, 0) is 9.84 Å². The van der Waals surface area contributed by atoms with Gasteiger partial charge in [-0.1, -0.05) is 22.0 Å². The number of halogens is 1. The van der Waals surface area contributed by atoms with E-state index in [0.29, 0.717) is 4.90 Å². The van der Waals surface area contributed by atoms with Crippen molar-refractivity contribution in [3.05, 3.63) is 53.0 Å². The zero-order valence-electron chi connectivity index (χ0n) is 11.6. The largest absolute Gasteiger partial charge is 0.383 e. The van der Waals surface area contributed by atoms with Crippen LogP contribution in [0, 0.1) is 0 Å². The van der Waals surface area contributed by atoms with Crippen LogP contribution in [0.2, 0.25) is 0 Å². The lowest BCUT2D eigenvalue weighted by atomic mass is 10.3. The molecule has 0 saturated heterocycles. The molecule has 0 aliphatic heterocycles. The van der Waals surface area contributed by atoms with Crippen LogP contribution in [-0.4, -0.2) is 27.8 Å². The second kappa shape index (κ2) is 6.95. The Hall–Kier alpha value is -1.53.